The van der Waals surface area contributed by atoms with E-state index < -0.39 is 11.4 Å². The predicted molar refractivity (Wildman–Crippen MR) is 81.5 cm³/mol. The Kier molecular flexibility index (Phi) is 4.50. The maximum absolute atomic E-state index is 12.3. The van der Waals surface area contributed by atoms with Crippen molar-refractivity contribution in [2.75, 3.05) is 18.0 Å². The van der Waals surface area contributed by atoms with Gasteiger partial charge in [0.25, 0.3) is 0 Å². The van der Waals surface area contributed by atoms with Gasteiger partial charge in [0.15, 0.2) is 0 Å². The zero-order chi connectivity index (χ0) is 15.5. The Labute approximate surface area is 125 Å². The first-order valence-corrected chi connectivity index (χ1v) is 7.34. The molecule has 1 aliphatic carbocycles. The number of carboxylic acids is 1. The summed E-state index contributed by atoms with van der Waals surface area (Å²) in [6, 6.07) is 7.46. The molecule has 0 aliphatic heterocycles. The molecule has 114 valence electrons. The quantitative estimate of drug-likeness (QED) is 0.876. The van der Waals surface area contributed by atoms with Crippen molar-refractivity contribution in [2.24, 2.45) is 5.41 Å². The summed E-state index contributed by atoms with van der Waals surface area (Å²) in [6.07, 6.45) is 2.19. The van der Waals surface area contributed by atoms with E-state index in [1.54, 1.807) is 4.90 Å². The fourth-order valence-electron chi connectivity index (χ4n) is 2.58. The molecule has 2 rings (SSSR count). The average molecular weight is 290 g/mol. The Hall–Kier alpha value is -2.04. The molecule has 5 nitrogen and oxygen atoms in total. The number of nitrogens with one attached hydrogen (secondary N) is 1. The van der Waals surface area contributed by atoms with E-state index >= 15 is 0 Å². The molecule has 0 saturated heterocycles. The van der Waals surface area contributed by atoms with E-state index in [1.165, 1.54) is 0 Å². The van der Waals surface area contributed by atoms with E-state index in [4.69, 9.17) is 0 Å². The van der Waals surface area contributed by atoms with Gasteiger partial charge >= 0.3 is 12.0 Å². The third-order valence-corrected chi connectivity index (χ3v) is 4.25. The van der Waals surface area contributed by atoms with Gasteiger partial charge < -0.3 is 10.4 Å². The lowest BCUT2D eigenvalue weighted by atomic mass is 9.69. The summed E-state index contributed by atoms with van der Waals surface area (Å²) in [5.74, 6) is -0.813. The van der Waals surface area contributed by atoms with E-state index in [2.05, 4.69) is 5.32 Å². The third-order valence-electron chi connectivity index (χ3n) is 4.25. The van der Waals surface area contributed by atoms with Crippen molar-refractivity contribution in [3.63, 3.8) is 0 Å². The van der Waals surface area contributed by atoms with Gasteiger partial charge in [0.1, 0.15) is 0 Å². The highest BCUT2D eigenvalue weighted by Crippen LogP contribution is 2.40. The number of nitrogens with zero attached hydrogens (tertiary/aromatic N) is 1. The van der Waals surface area contributed by atoms with Crippen molar-refractivity contribution < 1.29 is 14.7 Å². The van der Waals surface area contributed by atoms with Gasteiger partial charge in [0.2, 0.25) is 0 Å². The summed E-state index contributed by atoms with van der Waals surface area (Å²) >= 11 is 0. The molecule has 0 bridgehead atoms. The van der Waals surface area contributed by atoms with E-state index in [0.29, 0.717) is 19.4 Å². The molecule has 1 aromatic carbocycles. The summed E-state index contributed by atoms with van der Waals surface area (Å²) in [5.41, 5.74) is 1.19. The number of benzene rings is 1. The topological polar surface area (TPSA) is 69.6 Å². The molecule has 0 unspecified atom stereocenters. The first-order valence-electron chi connectivity index (χ1n) is 7.34. The Bertz CT molecular complexity index is 521. The van der Waals surface area contributed by atoms with Crippen LogP contribution in [0.25, 0.3) is 0 Å². The van der Waals surface area contributed by atoms with Crippen molar-refractivity contribution in [1.29, 1.82) is 0 Å². The highest BCUT2D eigenvalue weighted by Gasteiger charge is 2.44. The molecule has 1 fully saturated rings. The lowest BCUT2D eigenvalue weighted by molar-refractivity contribution is -0.153. The third kappa shape index (κ3) is 3.17. The number of rotatable bonds is 5. The summed E-state index contributed by atoms with van der Waals surface area (Å²) in [6.45, 7) is 4.63. The molecule has 0 heterocycles. The Morgan fingerprint density at radius 3 is 2.33 bits per heavy atom. The van der Waals surface area contributed by atoms with Gasteiger partial charge in [0.05, 0.1) is 5.41 Å². The highest BCUT2D eigenvalue weighted by atomic mass is 16.4. The number of carboxylic acid groups (broad SMARTS) is 1. The lowest BCUT2D eigenvalue weighted by Crippen LogP contribution is -2.50. The predicted octanol–water partition coefficient (Wildman–Crippen LogP) is 2.79. The van der Waals surface area contributed by atoms with Crippen molar-refractivity contribution >= 4 is 17.7 Å². The highest BCUT2D eigenvalue weighted by molar-refractivity contribution is 5.92. The number of amides is 2. The van der Waals surface area contributed by atoms with Crippen LogP contribution >= 0.6 is 0 Å². The molecule has 0 atom stereocenters. The van der Waals surface area contributed by atoms with Crippen LogP contribution in [0.2, 0.25) is 0 Å². The van der Waals surface area contributed by atoms with E-state index in [0.717, 1.165) is 17.7 Å². The van der Waals surface area contributed by atoms with Crippen molar-refractivity contribution in [3.05, 3.63) is 29.8 Å². The zero-order valence-corrected chi connectivity index (χ0v) is 12.6. The van der Waals surface area contributed by atoms with Gasteiger partial charge in [-0.3, -0.25) is 9.69 Å². The molecule has 0 aromatic heterocycles. The number of carbonyl (C=O) groups excluding carboxylic acids is 1. The second kappa shape index (κ2) is 6.16. The monoisotopic (exact) mass is 290 g/mol. The summed E-state index contributed by atoms with van der Waals surface area (Å²) in [7, 11) is 0. The average Bonchev–Trinajstić information content (AvgIpc) is 2.40. The molecule has 5 heteroatoms. The fourth-order valence-corrected chi connectivity index (χ4v) is 2.58. The van der Waals surface area contributed by atoms with Gasteiger partial charge in [-0.05, 0) is 38.8 Å². The van der Waals surface area contributed by atoms with Gasteiger partial charge in [0, 0.05) is 18.8 Å². The Morgan fingerprint density at radius 1 is 1.29 bits per heavy atom. The second-order valence-corrected chi connectivity index (χ2v) is 5.68. The zero-order valence-electron chi connectivity index (χ0n) is 12.6. The van der Waals surface area contributed by atoms with Crippen molar-refractivity contribution in [3.8, 4) is 0 Å². The molecule has 1 saturated carbocycles. The van der Waals surface area contributed by atoms with Crippen LogP contribution in [0.3, 0.4) is 0 Å². The molecular formula is C16H22N2O3. The molecular weight excluding hydrogens is 268 g/mol. The number of carbonyl (C=O) groups is 2. The first-order chi connectivity index (χ1) is 9.98. The number of hydrogen-bond acceptors (Lipinski definition) is 2. The van der Waals surface area contributed by atoms with Crippen LogP contribution in [0.15, 0.2) is 24.3 Å². The van der Waals surface area contributed by atoms with Crippen LogP contribution in [-0.2, 0) is 4.79 Å². The minimum atomic E-state index is -0.813. The van der Waals surface area contributed by atoms with Crippen LogP contribution in [0, 0.1) is 12.3 Å². The van der Waals surface area contributed by atoms with Crippen LogP contribution in [0.5, 0.6) is 0 Å². The SMILES string of the molecule is CCN(C(=O)NCC1(C(=O)O)CCC1)c1ccc(C)cc1. The Balaban J connectivity index is 2.00. The molecule has 0 spiro atoms. The van der Waals surface area contributed by atoms with E-state index in [9.17, 15) is 14.7 Å². The number of urea groups is 1. The molecule has 1 aliphatic rings. The van der Waals surface area contributed by atoms with Crippen molar-refractivity contribution in [1.82, 2.24) is 5.32 Å². The summed E-state index contributed by atoms with van der Waals surface area (Å²) < 4.78 is 0. The minimum absolute atomic E-state index is 0.198. The number of aryl methyl sites for hydroxylation is 1. The van der Waals surface area contributed by atoms with Crippen LogP contribution in [0.4, 0.5) is 10.5 Å². The van der Waals surface area contributed by atoms with E-state index in [-0.39, 0.29) is 12.6 Å². The van der Waals surface area contributed by atoms with Gasteiger partial charge in [-0.25, -0.2) is 4.79 Å². The maximum Gasteiger partial charge on any atom is 0.321 e. The molecule has 1 aromatic rings. The minimum Gasteiger partial charge on any atom is -0.481 e. The molecule has 2 amide bonds. The standard InChI is InChI=1S/C16H22N2O3/c1-3-18(13-7-5-12(2)6-8-13)15(21)17-11-16(14(19)20)9-4-10-16/h5-8H,3-4,9-11H2,1-2H3,(H,17,21)(H,19,20). The summed E-state index contributed by atoms with van der Waals surface area (Å²) in [4.78, 5) is 25.2. The van der Waals surface area contributed by atoms with E-state index in [1.807, 2.05) is 38.1 Å². The van der Waals surface area contributed by atoms with Gasteiger partial charge in [-0.1, -0.05) is 24.1 Å². The maximum atomic E-state index is 12.3. The smallest absolute Gasteiger partial charge is 0.321 e. The van der Waals surface area contributed by atoms with Crippen LogP contribution < -0.4 is 10.2 Å². The lowest BCUT2D eigenvalue weighted by Gasteiger charge is -2.38. The fraction of sp³-hybridized carbons (Fsp3) is 0.500. The molecule has 0 radical (unpaired) electrons. The Morgan fingerprint density at radius 2 is 1.90 bits per heavy atom. The van der Waals surface area contributed by atoms with Crippen LogP contribution in [0.1, 0.15) is 31.7 Å². The van der Waals surface area contributed by atoms with Gasteiger partial charge in [-0.2, -0.15) is 0 Å². The number of aliphatic carboxylic acids is 1. The van der Waals surface area contributed by atoms with Crippen molar-refractivity contribution in [2.45, 2.75) is 33.1 Å². The normalized spacial score (nSPS) is 15.9. The molecule has 21 heavy (non-hydrogen) atoms. The first kappa shape index (κ1) is 15.4. The summed E-state index contributed by atoms with van der Waals surface area (Å²) in [5, 5.41) is 12.1. The number of hydrogen-bond donors (Lipinski definition) is 2. The number of anilines is 1. The second-order valence-electron chi connectivity index (χ2n) is 5.68. The molecule has 2 N–H and O–H groups in total. The largest absolute Gasteiger partial charge is 0.481 e. The van der Waals surface area contributed by atoms with Gasteiger partial charge in [-0.15, -0.1) is 0 Å². The van der Waals surface area contributed by atoms with Crippen LogP contribution in [-0.4, -0.2) is 30.2 Å².